The maximum Gasteiger partial charge on any atom is 0.0195 e. The second-order valence-electron chi connectivity index (χ2n) is 4.60. The molecule has 2 aliphatic carbocycles. The van der Waals surface area contributed by atoms with E-state index in [4.69, 9.17) is 11.5 Å². The lowest BCUT2D eigenvalue weighted by Gasteiger charge is -2.41. The number of rotatable bonds is 0. The molecule has 2 heteroatoms. The molecule has 0 aromatic rings. The fourth-order valence-electron chi connectivity index (χ4n) is 2.95. The fourth-order valence-corrected chi connectivity index (χ4v) is 2.95. The zero-order chi connectivity index (χ0) is 8.55. The highest BCUT2D eigenvalue weighted by Crippen LogP contribution is 2.39. The van der Waals surface area contributed by atoms with Crippen molar-refractivity contribution < 1.29 is 0 Å². The zero-order valence-electron chi connectivity index (χ0n) is 7.71. The maximum atomic E-state index is 5.96. The molecule has 2 rings (SSSR count). The van der Waals surface area contributed by atoms with Crippen LogP contribution in [-0.2, 0) is 0 Å². The van der Waals surface area contributed by atoms with Gasteiger partial charge in [-0.05, 0) is 24.7 Å². The van der Waals surface area contributed by atoms with Crippen LogP contribution in [0.5, 0.6) is 0 Å². The molecule has 4 atom stereocenters. The predicted octanol–water partition coefficient (Wildman–Crippen LogP) is 1.24. The van der Waals surface area contributed by atoms with Gasteiger partial charge in [-0.1, -0.05) is 25.7 Å². The van der Waals surface area contributed by atoms with Crippen LogP contribution in [0.25, 0.3) is 0 Å². The van der Waals surface area contributed by atoms with Gasteiger partial charge in [-0.2, -0.15) is 0 Å². The van der Waals surface area contributed by atoms with Gasteiger partial charge in [0.2, 0.25) is 0 Å². The van der Waals surface area contributed by atoms with Crippen LogP contribution in [0.2, 0.25) is 0 Å². The first-order valence-electron chi connectivity index (χ1n) is 5.28. The molecular formula is C10H20N2. The Morgan fingerprint density at radius 3 is 1.58 bits per heavy atom. The van der Waals surface area contributed by atoms with Gasteiger partial charge >= 0.3 is 0 Å². The molecule has 0 bridgehead atoms. The van der Waals surface area contributed by atoms with E-state index in [1.54, 1.807) is 0 Å². The number of hydrogen-bond donors (Lipinski definition) is 2. The molecule has 0 aromatic heterocycles. The zero-order valence-corrected chi connectivity index (χ0v) is 7.71. The molecule has 0 aliphatic heterocycles. The molecule has 70 valence electrons. The standard InChI is InChI=1S/C10H20N2/c11-9-5-7-3-1-2-4-8(7)6-10(9)12/h7-10H,1-6,11-12H2/t7-,8-,9+,10+/m1/s1. The van der Waals surface area contributed by atoms with Crippen LogP contribution in [0.15, 0.2) is 0 Å². The Balaban J connectivity index is 1.98. The van der Waals surface area contributed by atoms with Crippen molar-refractivity contribution in [3.8, 4) is 0 Å². The second-order valence-corrected chi connectivity index (χ2v) is 4.60. The summed E-state index contributed by atoms with van der Waals surface area (Å²) in [5.41, 5.74) is 11.9. The monoisotopic (exact) mass is 168 g/mol. The summed E-state index contributed by atoms with van der Waals surface area (Å²) >= 11 is 0. The molecule has 0 amide bonds. The van der Waals surface area contributed by atoms with Crippen molar-refractivity contribution in [2.75, 3.05) is 0 Å². The van der Waals surface area contributed by atoms with Crippen molar-refractivity contribution in [3.05, 3.63) is 0 Å². The van der Waals surface area contributed by atoms with Crippen LogP contribution in [0.1, 0.15) is 38.5 Å². The molecule has 0 heterocycles. The predicted molar refractivity (Wildman–Crippen MR) is 50.6 cm³/mol. The van der Waals surface area contributed by atoms with Crippen molar-refractivity contribution in [2.45, 2.75) is 50.6 Å². The van der Waals surface area contributed by atoms with Crippen LogP contribution >= 0.6 is 0 Å². The van der Waals surface area contributed by atoms with E-state index in [0.717, 1.165) is 11.8 Å². The third-order valence-corrected chi connectivity index (χ3v) is 3.77. The number of nitrogens with two attached hydrogens (primary N) is 2. The van der Waals surface area contributed by atoms with Gasteiger partial charge in [0, 0.05) is 12.1 Å². The van der Waals surface area contributed by atoms with Gasteiger partial charge in [0.05, 0.1) is 0 Å². The summed E-state index contributed by atoms with van der Waals surface area (Å²) in [5.74, 6) is 1.82. The molecule has 0 unspecified atom stereocenters. The summed E-state index contributed by atoms with van der Waals surface area (Å²) in [5, 5.41) is 0. The normalized spacial score (nSPS) is 48.5. The lowest BCUT2D eigenvalue weighted by Crippen LogP contribution is -2.49. The van der Waals surface area contributed by atoms with E-state index in [1.807, 2.05) is 0 Å². The molecule has 0 saturated heterocycles. The van der Waals surface area contributed by atoms with E-state index in [0.29, 0.717) is 0 Å². The summed E-state index contributed by atoms with van der Waals surface area (Å²) in [6.07, 6.45) is 8.03. The molecule has 2 saturated carbocycles. The van der Waals surface area contributed by atoms with Gasteiger partial charge in [0.1, 0.15) is 0 Å². The van der Waals surface area contributed by atoms with Gasteiger partial charge in [-0.3, -0.25) is 0 Å². The molecule has 4 N–H and O–H groups in total. The largest absolute Gasteiger partial charge is 0.326 e. The van der Waals surface area contributed by atoms with E-state index in [9.17, 15) is 0 Å². The van der Waals surface area contributed by atoms with Crippen LogP contribution in [-0.4, -0.2) is 12.1 Å². The summed E-state index contributed by atoms with van der Waals surface area (Å²) in [7, 11) is 0. The summed E-state index contributed by atoms with van der Waals surface area (Å²) < 4.78 is 0. The molecule has 0 spiro atoms. The topological polar surface area (TPSA) is 52.0 Å². The minimum atomic E-state index is 0.282. The van der Waals surface area contributed by atoms with E-state index >= 15 is 0 Å². The SMILES string of the molecule is N[C@H]1C[C@H]2CCCC[C@@H]2C[C@@H]1N. The lowest BCUT2D eigenvalue weighted by atomic mass is 9.68. The first-order chi connectivity index (χ1) is 5.77. The van der Waals surface area contributed by atoms with E-state index in [2.05, 4.69) is 0 Å². The second kappa shape index (κ2) is 3.35. The van der Waals surface area contributed by atoms with Gasteiger partial charge in [0.25, 0.3) is 0 Å². The van der Waals surface area contributed by atoms with Crippen LogP contribution in [0.3, 0.4) is 0 Å². The quantitative estimate of drug-likeness (QED) is 0.572. The highest BCUT2D eigenvalue weighted by molar-refractivity contribution is 4.91. The lowest BCUT2D eigenvalue weighted by molar-refractivity contribution is 0.141. The average molecular weight is 168 g/mol. The van der Waals surface area contributed by atoms with Crippen molar-refractivity contribution in [3.63, 3.8) is 0 Å². The number of fused-ring (bicyclic) bond motifs is 1. The van der Waals surface area contributed by atoms with Crippen LogP contribution < -0.4 is 11.5 Å². The Hall–Kier alpha value is -0.0800. The Bertz CT molecular complexity index is 140. The van der Waals surface area contributed by atoms with Gasteiger partial charge in [0.15, 0.2) is 0 Å². The molecule has 2 aliphatic rings. The van der Waals surface area contributed by atoms with Gasteiger partial charge in [-0.15, -0.1) is 0 Å². The molecule has 2 nitrogen and oxygen atoms in total. The first kappa shape index (κ1) is 8.52. The minimum absolute atomic E-state index is 0.282. The van der Waals surface area contributed by atoms with Crippen LogP contribution in [0.4, 0.5) is 0 Å². The Morgan fingerprint density at radius 2 is 1.17 bits per heavy atom. The van der Waals surface area contributed by atoms with E-state index in [-0.39, 0.29) is 12.1 Å². The number of hydrogen-bond acceptors (Lipinski definition) is 2. The van der Waals surface area contributed by atoms with Crippen molar-refractivity contribution in [1.82, 2.24) is 0 Å². The van der Waals surface area contributed by atoms with Crippen molar-refractivity contribution >= 4 is 0 Å². The van der Waals surface area contributed by atoms with Crippen molar-refractivity contribution in [1.29, 1.82) is 0 Å². The summed E-state index contributed by atoms with van der Waals surface area (Å²) in [4.78, 5) is 0. The van der Waals surface area contributed by atoms with E-state index < -0.39 is 0 Å². The van der Waals surface area contributed by atoms with Crippen LogP contribution in [0, 0.1) is 11.8 Å². The maximum absolute atomic E-state index is 5.96. The summed E-state index contributed by atoms with van der Waals surface area (Å²) in [6.45, 7) is 0. The third kappa shape index (κ3) is 1.50. The highest BCUT2D eigenvalue weighted by Gasteiger charge is 2.34. The Labute approximate surface area is 74.7 Å². The molecule has 12 heavy (non-hydrogen) atoms. The Morgan fingerprint density at radius 1 is 0.750 bits per heavy atom. The molecular weight excluding hydrogens is 148 g/mol. The summed E-state index contributed by atoms with van der Waals surface area (Å²) in [6, 6.07) is 0.564. The molecule has 0 aromatic carbocycles. The van der Waals surface area contributed by atoms with Crippen molar-refractivity contribution in [2.24, 2.45) is 23.3 Å². The highest BCUT2D eigenvalue weighted by atomic mass is 14.8. The third-order valence-electron chi connectivity index (χ3n) is 3.77. The van der Waals surface area contributed by atoms with Gasteiger partial charge < -0.3 is 11.5 Å². The first-order valence-corrected chi connectivity index (χ1v) is 5.28. The minimum Gasteiger partial charge on any atom is -0.326 e. The average Bonchev–Trinajstić information content (AvgIpc) is 2.07. The Kier molecular flexibility index (Phi) is 2.37. The molecule has 2 fully saturated rings. The molecule has 0 radical (unpaired) electrons. The smallest absolute Gasteiger partial charge is 0.0195 e. The fraction of sp³-hybridized carbons (Fsp3) is 1.00. The van der Waals surface area contributed by atoms with Gasteiger partial charge in [-0.25, -0.2) is 0 Å². The van der Waals surface area contributed by atoms with E-state index in [1.165, 1.54) is 38.5 Å².